The van der Waals surface area contributed by atoms with Gasteiger partial charge < -0.3 is 10.4 Å². The first-order valence-corrected chi connectivity index (χ1v) is 6.88. The second-order valence-electron chi connectivity index (χ2n) is 5.51. The lowest BCUT2D eigenvalue weighted by atomic mass is 10.1. The minimum Gasteiger partial charge on any atom is -0.508 e. The van der Waals surface area contributed by atoms with Crippen molar-refractivity contribution in [2.45, 2.75) is 44.6 Å². The van der Waals surface area contributed by atoms with Crippen LogP contribution < -0.4 is 5.32 Å². The molecule has 0 aliphatic heterocycles. The van der Waals surface area contributed by atoms with E-state index < -0.39 is 0 Å². The van der Waals surface area contributed by atoms with Crippen LogP contribution in [0.15, 0.2) is 18.2 Å². The fourth-order valence-corrected chi connectivity index (χ4v) is 2.89. The van der Waals surface area contributed by atoms with Gasteiger partial charge in [0.1, 0.15) is 5.75 Å². The molecule has 1 unspecified atom stereocenters. The van der Waals surface area contributed by atoms with Gasteiger partial charge in [-0.1, -0.05) is 18.9 Å². The summed E-state index contributed by atoms with van der Waals surface area (Å²) in [6.07, 6.45) is 7.93. The van der Waals surface area contributed by atoms with Crippen molar-refractivity contribution in [2.75, 3.05) is 6.54 Å². The van der Waals surface area contributed by atoms with Crippen LogP contribution in [0, 0.1) is 5.92 Å². The Hall–Kier alpha value is -1.02. The molecule has 17 heavy (non-hydrogen) atoms. The molecule has 2 N–H and O–H groups in total. The molecule has 2 aliphatic rings. The number of aryl methyl sites for hydroxylation is 1. The Kier molecular flexibility index (Phi) is 3.06. The second-order valence-corrected chi connectivity index (χ2v) is 5.51. The van der Waals surface area contributed by atoms with Crippen molar-refractivity contribution in [3.05, 3.63) is 29.3 Å². The lowest BCUT2D eigenvalue weighted by Crippen LogP contribution is -2.20. The number of phenolic OH excluding ortho intramolecular Hbond substituents is 1. The van der Waals surface area contributed by atoms with E-state index in [1.165, 1.54) is 43.2 Å². The van der Waals surface area contributed by atoms with Gasteiger partial charge in [0.05, 0.1) is 0 Å². The molecule has 1 fully saturated rings. The Morgan fingerprint density at radius 2 is 2.12 bits per heavy atom. The maximum atomic E-state index is 9.44. The molecule has 0 bridgehead atoms. The number of phenols is 1. The number of benzene rings is 1. The monoisotopic (exact) mass is 231 g/mol. The molecule has 92 valence electrons. The molecule has 2 nitrogen and oxygen atoms in total. The van der Waals surface area contributed by atoms with Crippen LogP contribution in [0.5, 0.6) is 5.75 Å². The van der Waals surface area contributed by atoms with Gasteiger partial charge in [-0.25, -0.2) is 0 Å². The van der Waals surface area contributed by atoms with Gasteiger partial charge >= 0.3 is 0 Å². The van der Waals surface area contributed by atoms with Crippen LogP contribution in [0.1, 0.15) is 49.3 Å². The van der Waals surface area contributed by atoms with E-state index in [4.69, 9.17) is 0 Å². The predicted molar refractivity (Wildman–Crippen MR) is 69.1 cm³/mol. The van der Waals surface area contributed by atoms with Crippen molar-refractivity contribution in [3.8, 4) is 5.75 Å². The Morgan fingerprint density at radius 3 is 2.94 bits per heavy atom. The predicted octanol–water partition coefficient (Wildman–Crippen LogP) is 3.16. The summed E-state index contributed by atoms with van der Waals surface area (Å²) in [5.74, 6) is 1.45. The number of aromatic hydroxyl groups is 1. The largest absolute Gasteiger partial charge is 0.508 e. The minimum atomic E-state index is 0.401. The molecule has 1 atom stereocenters. The van der Waals surface area contributed by atoms with E-state index in [-0.39, 0.29) is 0 Å². The summed E-state index contributed by atoms with van der Waals surface area (Å²) in [6, 6.07) is 6.32. The highest BCUT2D eigenvalue weighted by atomic mass is 16.3. The average molecular weight is 231 g/mol. The summed E-state index contributed by atoms with van der Waals surface area (Å²) in [7, 11) is 0. The zero-order valence-corrected chi connectivity index (χ0v) is 10.3. The lowest BCUT2D eigenvalue weighted by Gasteiger charge is -2.13. The average Bonchev–Trinajstić information content (AvgIpc) is 3.06. The topological polar surface area (TPSA) is 32.3 Å². The SMILES string of the molecule is Oc1ccc2c(c1)CCC2NCCCC1CC1. The van der Waals surface area contributed by atoms with Crippen molar-refractivity contribution < 1.29 is 5.11 Å². The number of nitrogens with one attached hydrogen (secondary N) is 1. The Balaban J connectivity index is 1.52. The van der Waals surface area contributed by atoms with Crippen molar-refractivity contribution in [3.63, 3.8) is 0 Å². The quantitative estimate of drug-likeness (QED) is 0.763. The van der Waals surface area contributed by atoms with Crippen molar-refractivity contribution in [1.29, 1.82) is 0 Å². The van der Waals surface area contributed by atoms with Gasteiger partial charge in [-0.05, 0) is 61.4 Å². The van der Waals surface area contributed by atoms with Crippen molar-refractivity contribution in [2.24, 2.45) is 5.92 Å². The molecule has 1 saturated carbocycles. The fraction of sp³-hybridized carbons (Fsp3) is 0.600. The lowest BCUT2D eigenvalue weighted by molar-refractivity contribution is 0.474. The molecule has 0 radical (unpaired) electrons. The highest BCUT2D eigenvalue weighted by Gasteiger charge is 2.23. The highest BCUT2D eigenvalue weighted by molar-refractivity contribution is 5.39. The van der Waals surface area contributed by atoms with Crippen molar-refractivity contribution in [1.82, 2.24) is 5.32 Å². The van der Waals surface area contributed by atoms with E-state index in [0.717, 1.165) is 18.9 Å². The Bertz CT molecular complexity index is 398. The molecule has 1 aromatic rings. The number of fused-ring (bicyclic) bond motifs is 1. The maximum Gasteiger partial charge on any atom is 0.115 e. The summed E-state index contributed by atoms with van der Waals surface area (Å²) in [5, 5.41) is 13.1. The van der Waals surface area contributed by atoms with Gasteiger partial charge in [-0.15, -0.1) is 0 Å². The summed E-state index contributed by atoms with van der Waals surface area (Å²) in [4.78, 5) is 0. The smallest absolute Gasteiger partial charge is 0.115 e. The van der Waals surface area contributed by atoms with Crippen LogP contribution in [0.4, 0.5) is 0 Å². The van der Waals surface area contributed by atoms with Crippen molar-refractivity contribution >= 4 is 0 Å². The van der Waals surface area contributed by atoms with Crippen LogP contribution in [0.3, 0.4) is 0 Å². The standard InChI is InChI=1S/C15H21NO/c17-13-6-7-14-12(10-13)5-8-15(14)16-9-1-2-11-3-4-11/h6-7,10-11,15-17H,1-5,8-9H2. The molecule has 2 heteroatoms. The summed E-state index contributed by atoms with van der Waals surface area (Å²) < 4.78 is 0. The summed E-state index contributed by atoms with van der Waals surface area (Å²) in [6.45, 7) is 1.14. The van der Waals surface area contributed by atoms with E-state index in [0.29, 0.717) is 11.8 Å². The molecule has 0 saturated heterocycles. The molecule has 0 amide bonds. The first-order valence-electron chi connectivity index (χ1n) is 6.88. The number of hydrogen-bond donors (Lipinski definition) is 2. The fourth-order valence-electron chi connectivity index (χ4n) is 2.89. The Morgan fingerprint density at radius 1 is 1.24 bits per heavy atom. The summed E-state index contributed by atoms with van der Waals surface area (Å²) >= 11 is 0. The highest BCUT2D eigenvalue weighted by Crippen LogP contribution is 2.34. The first kappa shape index (κ1) is 11.1. The van der Waals surface area contributed by atoms with Gasteiger partial charge in [0.15, 0.2) is 0 Å². The van der Waals surface area contributed by atoms with Crippen LogP contribution in [-0.4, -0.2) is 11.7 Å². The van der Waals surface area contributed by atoms with Crippen LogP contribution in [0.25, 0.3) is 0 Å². The van der Waals surface area contributed by atoms with Crippen LogP contribution in [0.2, 0.25) is 0 Å². The van der Waals surface area contributed by atoms with Gasteiger partial charge in [-0.2, -0.15) is 0 Å². The minimum absolute atomic E-state index is 0.401. The molecule has 1 aromatic carbocycles. The van der Waals surface area contributed by atoms with Gasteiger partial charge in [0, 0.05) is 6.04 Å². The summed E-state index contributed by atoms with van der Waals surface area (Å²) in [5.41, 5.74) is 2.72. The molecule has 0 aromatic heterocycles. The molecule has 0 heterocycles. The first-order chi connectivity index (χ1) is 8.33. The normalized spacial score (nSPS) is 22.7. The zero-order valence-electron chi connectivity index (χ0n) is 10.3. The van der Waals surface area contributed by atoms with E-state index in [2.05, 4.69) is 11.4 Å². The molecular weight excluding hydrogens is 210 g/mol. The number of rotatable bonds is 5. The van der Waals surface area contributed by atoms with E-state index >= 15 is 0 Å². The third kappa shape index (κ3) is 2.63. The second kappa shape index (κ2) is 4.69. The Labute approximate surface area is 103 Å². The van der Waals surface area contributed by atoms with E-state index in [9.17, 15) is 5.11 Å². The molecule has 0 spiro atoms. The third-order valence-corrected chi connectivity index (χ3v) is 4.08. The van der Waals surface area contributed by atoms with Crippen LogP contribution >= 0.6 is 0 Å². The van der Waals surface area contributed by atoms with Crippen LogP contribution in [-0.2, 0) is 6.42 Å². The van der Waals surface area contributed by atoms with E-state index in [1.54, 1.807) is 0 Å². The van der Waals surface area contributed by atoms with Gasteiger partial charge in [0.2, 0.25) is 0 Å². The molecular formula is C15H21NO. The van der Waals surface area contributed by atoms with E-state index in [1.807, 2.05) is 12.1 Å². The number of hydrogen-bond acceptors (Lipinski definition) is 2. The zero-order chi connectivity index (χ0) is 11.7. The molecule has 3 rings (SSSR count). The van der Waals surface area contributed by atoms with Gasteiger partial charge in [0.25, 0.3) is 0 Å². The molecule has 2 aliphatic carbocycles. The third-order valence-electron chi connectivity index (χ3n) is 4.08. The van der Waals surface area contributed by atoms with Gasteiger partial charge in [-0.3, -0.25) is 0 Å². The maximum absolute atomic E-state index is 9.44.